The van der Waals surface area contributed by atoms with E-state index >= 15 is 0 Å². The Labute approximate surface area is 233 Å². The van der Waals surface area contributed by atoms with Crippen LogP contribution < -0.4 is 14.5 Å². The molecule has 6 heteroatoms. The summed E-state index contributed by atoms with van der Waals surface area (Å²) in [6.07, 6.45) is 4.23. The number of anilines is 1. The normalized spacial score (nSPS) is 13.9. The topological polar surface area (TPSA) is 51.1 Å². The molecule has 194 valence electrons. The molecule has 0 aromatic heterocycles. The van der Waals surface area contributed by atoms with Gasteiger partial charge in [-0.05, 0) is 60.0 Å². The van der Waals surface area contributed by atoms with Crippen molar-refractivity contribution >= 4 is 35.0 Å². The summed E-state index contributed by atoms with van der Waals surface area (Å²) in [6.45, 7) is 4.27. The van der Waals surface area contributed by atoms with Gasteiger partial charge in [-0.25, -0.2) is 0 Å². The van der Waals surface area contributed by atoms with E-state index in [1.165, 1.54) is 5.01 Å². The number of benzene rings is 4. The van der Waals surface area contributed by atoms with E-state index in [-0.39, 0.29) is 5.91 Å². The first kappa shape index (κ1) is 26.0. The van der Waals surface area contributed by atoms with Crippen LogP contribution in [-0.2, 0) is 17.8 Å². The summed E-state index contributed by atoms with van der Waals surface area (Å²) in [6, 6.07) is 30.5. The summed E-state index contributed by atoms with van der Waals surface area (Å²) in [4.78, 5) is 13.7. The lowest BCUT2D eigenvalue weighted by molar-refractivity contribution is -0.114. The van der Waals surface area contributed by atoms with Crippen molar-refractivity contribution in [2.45, 2.75) is 13.0 Å². The van der Waals surface area contributed by atoms with Crippen LogP contribution in [0.25, 0.3) is 6.08 Å². The van der Waals surface area contributed by atoms with Gasteiger partial charge in [0.05, 0.1) is 18.4 Å². The Morgan fingerprint density at radius 3 is 2.31 bits per heavy atom. The Hall–Kier alpha value is -4.61. The molecule has 0 unspecified atom stereocenters. The number of hydrazone groups is 1. The van der Waals surface area contributed by atoms with Crippen molar-refractivity contribution in [1.82, 2.24) is 0 Å². The number of para-hydroxylation sites is 1. The SMILES string of the molecule is C=CCc1cc(/C=C2\C(=O)N(c3ccccc3)N=C2c2ccccc2)cc(OC)c1OCc1ccc(Cl)cc1. The van der Waals surface area contributed by atoms with Crippen LogP contribution in [0.3, 0.4) is 0 Å². The Bertz CT molecular complexity index is 1550. The number of allylic oxidation sites excluding steroid dienone is 1. The molecule has 1 amide bonds. The standard InChI is InChI=1S/C33H27ClN2O3/c1-3-10-26-19-24(21-30(38-2)32(26)39-22-23-15-17-27(34)18-16-23)20-29-31(25-11-6-4-7-12-25)35-36(33(29)37)28-13-8-5-9-14-28/h3-9,11-21H,1,10,22H2,2H3/b29-20-. The van der Waals surface area contributed by atoms with Gasteiger partial charge in [-0.2, -0.15) is 10.1 Å². The molecule has 5 nitrogen and oxygen atoms in total. The van der Waals surface area contributed by atoms with Crippen LogP contribution in [0.1, 0.15) is 22.3 Å². The van der Waals surface area contributed by atoms with Crippen molar-refractivity contribution in [1.29, 1.82) is 0 Å². The molecule has 0 aliphatic carbocycles. The smallest absolute Gasteiger partial charge is 0.281 e. The molecule has 0 bridgehead atoms. The largest absolute Gasteiger partial charge is 0.493 e. The van der Waals surface area contributed by atoms with Crippen molar-refractivity contribution in [3.8, 4) is 11.5 Å². The van der Waals surface area contributed by atoms with Gasteiger partial charge in [0.2, 0.25) is 0 Å². The van der Waals surface area contributed by atoms with Gasteiger partial charge in [0.25, 0.3) is 5.91 Å². The summed E-state index contributed by atoms with van der Waals surface area (Å²) in [5.41, 5.74) is 5.34. The molecule has 0 atom stereocenters. The van der Waals surface area contributed by atoms with Crippen LogP contribution in [0.2, 0.25) is 5.02 Å². The maximum atomic E-state index is 13.7. The van der Waals surface area contributed by atoms with Crippen molar-refractivity contribution in [2.75, 3.05) is 12.1 Å². The van der Waals surface area contributed by atoms with E-state index in [0.717, 1.165) is 22.3 Å². The van der Waals surface area contributed by atoms with E-state index in [2.05, 4.69) is 6.58 Å². The number of carbonyl (C=O) groups excluding carboxylic acids is 1. The Morgan fingerprint density at radius 1 is 0.949 bits per heavy atom. The molecule has 0 fully saturated rings. The highest BCUT2D eigenvalue weighted by molar-refractivity contribution is 6.37. The first-order valence-electron chi connectivity index (χ1n) is 12.5. The Kier molecular flexibility index (Phi) is 7.90. The highest BCUT2D eigenvalue weighted by atomic mass is 35.5. The lowest BCUT2D eigenvalue weighted by Gasteiger charge is -2.16. The Balaban J connectivity index is 1.54. The minimum atomic E-state index is -0.202. The van der Waals surface area contributed by atoms with Gasteiger partial charge in [-0.15, -0.1) is 6.58 Å². The van der Waals surface area contributed by atoms with Gasteiger partial charge in [-0.1, -0.05) is 78.3 Å². The first-order chi connectivity index (χ1) is 19.1. The van der Waals surface area contributed by atoms with E-state index < -0.39 is 0 Å². The zero-order valence-electron chi connectivity index (χ0n) is 21.5. The summed E-state index contributed by atoms with van der Waals surface area (Å²) in [5, 5.41) is 6.84. The number of amides is 1. The molecule has 1 aliphatic rings. The highest BCUT2D eigenvalue weighted by Crippen LogP contribution is 2.36. The minimum Gasteiger partial charge on any atom is -0.493 e. The number of hydrogen-bond donors (Lipinski definition) is 0. The summed E-state index contributed by atoms with van der Waals surface area (Å²) in [7, 11) is 1.60. The maximum Gasteiger partial charge on any atom is 0.281 e. The van der Waals surface area contributed by atoms with Gasteiger partial charge in [0, 0.05) is 16.1 Å². The third kappa shape index (κ3) is 5.79. The quantitative estimate of drug-likeness (QED) is 0.165. The summed E-state index contributed by atoms with van der Waals surface area (Å²) in [5.74, 6) is 1.00. The van der Waals surface area contributed by atoms with Crippen LogP contribution in [-0.4, -0.2) is 18.7 Å². The fraction of sp³-hybridized carbons (Fsp3) is 0.0909. The molecule has 1 heterocycles. The maximum absolute atomic E-state index is 13.7. The van der Waals surface area contributed by atoms with Gasteiger partial charge in [0.1, 0.15) is 12.3 Å². The van der Waals surface area contributed by atoms with E-state index in [9.17, 15) is 4.79 Å². The highest BCUT2D eigenvalue weighted by Gasteiger charge is 2.32. The molecular formula is C33H27ClN2O3. The molecule has 0 N–H and O–H groups in total. The second-order valence-corrected chi connectivity index (χ2v) is 9.38. The summed E-state index contributed by atoms with van der Waals surface area (Å²) >= 11 is 6.02. The van der Waals surface area contributed by atoms with Crippen molar-refractivity contribution in [3.05, 3.63) is 143 Å². The number of carbonyl (C=O) groups is 1. The molecule has 0 radical (unpaired) electrons. The molecule has 4 aromatic rings. The fourth-order valence-corrected chi connectivity index (χ4v) is 4.52. The van der Waals surface area contributed by atoms with Gasteiger partial charge >= 0.3 is 0 Å². The lowest BCUT2D eigenvalue weighted by Crippen LogP contribution is -2.21. The van der Waals surface area contributed by atoms with Gasteiger partial charge in [-0.3, -0.25) is 4.79 Å². The second-order valence-electron chi connectivity index (χ2n) is 8.94. The molecule has 0 saturated carbocycles. The van der Waals surface area contributed by atoms with Crippen LogP contribution >= 0.6 is 11.6 Å². The van der Waals surface area contributed by atoms with E-state index in [0.29, 0.717) is 46.5 Å². The van der Waals surface area contributed by atoms with E-state index in [4.69, 9.17) is 26.2 Å². The monoisotopic (exact) mass is 534 g/mol. The van der Waals surface area contributed by atoms with Crippen LogP contribution in [0.5, 0.6) is 11.5 Å². The third-order valence-electron chi connectivity index (χ3n) is 6.27. The number of halogens is 1. The average molecular weight is 535 g/mol. The van der Waals surface area contributed by atoms with E-state index in [1.807, 2.05) is 109 Å². The number of hydrogen-bond acceptors (Lipinski definition) is 4. The molecule has 1 aliphatic heterocycles. The molecule has 0 spiro atoms. The van der Waals surface area contributed by atoms with Crippen molar-refractivity contribution in [2.24, 2.45) is 5.10 Å². The number of methoxy groups -OCH3 is 1. The fourth-order valence-electron chi connectivity index (χ4n) is 4.39. The molecule has 5 rings (SSSR count). The van der Waals surface area contributed by atoms with Crippen molar-refractivity contribution < 1.29 is 14.3 Å². The molecule has 0 saturated heterocycles. The third-order valence-corrected chi connectivity index (χ3v) is 6.52. The van der Waals surface area contributed by atoms with Gasteiger partial charge in [0.15, 0.2) is 11.5 Å². The lowest BCUT2D eigenvalue weighted by atomic mass is 9.98. The molecule has 4 aromatic carbocycles. The zero-order chi connectivity index (χ0) is 27.2. The minimum absolute atomic E-state index is 0.202. The van der Waals surface area contributed by atoms with Crippen LogP contribution in [0, 0.1) is 0 Å². The number of ether oxygens (including phenoxy) is 2. The van der Waals surface area contributed by atoms with Crippen LogP contribution in [0.15, 0.2) is 120 Å². The predicted octanol–water partition coefficient (Wildman–Crippen LogP) is 7.49. The Morgan fingerprint density at radius 2 is 1.64 bits per heavy atom. The van der Waals surface area contributed by atoms with E-state index in [1.54, 1.807) is 7.11 Å². The van der Waals surface area contributed by atoms with Gasteiger partial charge < -0.3 is 9.47 Å². The zero-order valence-corrected chi connectivity index (χ0v) is 22.3. The number of nitrogens with zero attached hydrogens (tertiary/aromatic N) is 2. The second kappa shape index (κ2) is 11.8. The predicted molar refractivity (Wildman–Crippen MR) is 158 cm³/mol. The van der Waals surface area contributed by atoms with Crippen LogP contribution in [0.4, 0.5) is 5.69 Å². The first-order valence-corrected chi connectivity index (χ1v) is 12.9. The van der Waals surface area contributed by atoms with Crippen molar-refractivity contribution in [3.63, 3.8) is 0 Å². The molecule has 39 heavy (non-hydrogen) atoms. The molecular weight excluding hydrogens is 508 g/mol. The summed E-state index contributed by atoms with van der Waals surface area (Å²) < 4.78 is 12.0. The average Bonchev–Trinajstić information content (AvgIpc) is 3.29. The number of rotatable bonds is 9.